The highest BCUT2D eigenvalue weighted by molar-refractivity contribution is 7.91. The van der Waals surface area contributed by atoms with Gasteiger partial charge in [0.1, 0.15) is 9.84 Å². The number of hydrogen-bond donors (Lipinski definition) is 0. The number of sulfone groups is 1. The maximum atomic E-state index is 11.8. The first-order valence-corrected chi connectivity index (χ1v) is 8.05. The van der Waals surface area contributed by atoms with E-state index in [9.17, 15) is 13.2 Å². The van der Waals surface area contributed by atoms with E-state index in [1.165, 1.54) is 0 Å². The van der Waals surface area contributed by atoms with Crippen molar-refractivity contribution in [1.82, 2.24) is 0 Å². The smallest absolute Gasteiger partial charge is 0.162 e. The number of hydrogen-bond acceptors (Lipinski definition) is 3. The second-order valence-electron chi connectivity index (χ2n) is 4.23. The molecule has 18 heavy (non-hydrogen) atoms. The fourth-order valence-electron chi connectivity index (χ4n) is 1.51. The van der Waals surface area contributed by atoms with Crippen LogP contribution in [0.15, 0.2) is 18.2 Å². The van der Waals surface area contributed by atoms with Crippen LogP contribution in [0.4, 0.5) is 0 Å². The number of aryl methyl sites for hydroxylation is 1. The van der Waals surface area contributed by atoms with Crippen molar-refractivity contribution in [2.45, 2.75) is 26.7 Å². The van der Waals surface area contributed by atoms with E-state index >= 15 is 0 Å². The van der Waals surface area contributed by atoms with Gasteiger partial charge in [-0.3, -0.25) is 4.79 Å². The first-order chi connectivity index (χ1) is 8.35. The summed E-state index contributed by atoms with van der Waals surface area (Å²) in [6.07, 6.45) is 0.596. The van der Waals surface area contributed by atoms with Gasteiger partial charge in [-0.05, 0) is 25.0 Å². The average Bonchev–Trinajstić information content (AvgIpc) is 2.32. The van der Waals surface area contributed by atoms with Crippen molar-refractivity contribution >= 4 is 27.2 Å². The Kier molecular flexibility index (Phi) is 5.35. The first-order valence-electron chi connectivity index (χ1n) is 5.85. The Morgan fingerprint density at radius 2 is 2.00 bits per heavy atom. The molecule has 0 amide bonds. The molecule has 5 heteroatoms. The zero-order valence-corrected chi connectivity index (χ0v) is 12.1. The van der Waals surface area contributed by atoms with E-state index in [0.717, 1.165) is 5.56 Å². The van der Waals surface area contributed by atoms with Gasteiger partial charge in [-0.2, -0.15) is 0 Å². The SMILES string of the molecule is CCS(=O)(=O)CCCC(=O)c1ccc(C)c(Cl)c1. The topological polar surface area (TPSA) is 51.2 Å². The predicted molar refractivity (Wildman–Crippen MR) is 74.1 cm³/mol. The van der Waals surface area contributed by atoms with E-state index in [1.54, 1.807) is 25.1 Å². The third-order valence-corrected chi connectivity index (χ3v) is 4.99. The van der Waals surface area contributed by atoms with Gasteiger partial charge in [0.25, 0.3) is 0 Å². The number of ketones is 1. The van der Waals surface area contributed by atoms with Crippen LogP contribution in [0.3, 0.4) is 0 Å². The van der Waals surface area contributed by atoms with Gasteiger partial charge in [0, 0.05) is 22.8 Å². The summed E-state index contributed by atoms with van der Waals surface area (Å²) in [6.45, 7) is 3.47. The number of halogens is 1. The lowest BCUT2D eigenvalue weighted by molar-refractivity contribution is 0.0982. The zero-order valence-electron chi connectivity index (χ0n) is 10.6. The summed E-state index contributed by atoms with van der Waals surface area (Å²) in [5.41, 5.74) is 1.46. The van der Waals surface area contributed by atoms with Gasteiger partial charge in [0.2, 0.25) is 0 Å². The van der Waals surface area contributed by atoms with Crippen molar-refractivity contribution in [1.29, 1.82) is 0 Å². The summed E-state index contributed by atoms with van der Waals surface area (Å²) in [5.74, 6) is 0.120. The molecule has 100 valence electrons. The second kappa shape index (κ2) is 6.34. The second-order valence-corrected chi connectivity index (χ2v) is 7.11. The minimum atomic E-state index is -2.99. The van der Waals surface area contributed by atoms with Crippen LogP contribution in [-0.4, -0.2) is 25.7 Å². The number of carbonyl (C=O) groups excluding carboxylic acids is 1. The Labute approximate surface area is 113 Å². The summed E-state index contributed by atoms with van der Waals surface area (Å²) in [7, 11) is -2.99. The molecule has 0 saturated carbocycles. The van der Waals surface area contributed by atoms with Crippen molar-refractivity contribution in [3.63, 3.8) is 0 Å². The Morgan fingerprint density at radius 1 is 1.33 bits per heavy atom. The molecular formula is C13H17ClO3S. The van der Waals surface area contributed by atoms with Crippen molar-refractivity contribution in [2.24, 2.45) is 0 Å². The fraction of sp³-hybridized carbons (Fsp3) is 0.462. The highest BCUT2D eigenvalue weighted by Crippen LogP contribution is 2.18. The minimum Gasteiger partial charge on any atom is -0.294 e. The van der Waals surface area contributed by atoms with Crippen molar-refractivity contribution in [3.8, 4) is 0 Å². The van der Waals surface area contributed by atoms with Crippen LogP contribution < -0.4 is 0 Å². The number of rotatable bonds is 6. The Morgan fingerprint density at radius 3 is 2.56 bits per heavy atom. The van der Waals surface area contributed by atoms with Crippen molar-refractivity contribution < 1.29 is 13.2 Å². The fourth-order valence-corrected chi connectivity index (χ4v) is 2.56. The summed E-state index contributed by atoms with van der Waals surface area (Å²) in [4.78, 5) is 11.8. The maximum Gasteiger partial charge on any atom is 0.162 e. The molecule has 0 aliphatic heterocycles. The van der Waals surface area contributed by atoms with Crippen LogP contribution in [0.2, 0.25) is 5.02 Å². The molecule has 0 N–H and O–H groups in total. The Hall–Kier alpha value is -0.870. The third-order valence-electron chi connectivity index (χ3n) is 2.79. The van der Waals surface area contributed by atoms with E-state index in [-0.39, 0.29) is 23.7 Å². The monoisotopic (exact) mass is 288 g/mol. The van der Waals surface area contributed by atoms with Gasteiger partial charge in [0.05, 0.1) is 5.75 Å². The number of Topliss-reactive ketones (excluding diaryl/α,β-unsaturated/α-hetero) is 1. The quantitative estimate of drug-likeness (QED) is 0.756. The van der Waals surface area contributed by atoms with Crippen LogP contribution in [0.1, 0.15) is 35.7 Å². The van der Waals surface area contributed by atoms with Crippen LogP contribution in [0.5, 0.6) is 0 Å². The molecule has 0 aliphatic rings. The Bertz CT molecular complexity index is 535. The lowest BCUT2D eigenvalue weighted by atomic mass is 10.1. The lowest BCUT2D eigenvalue weighted by Gasteiger charge is -2.04. The highest BCUT2D eigenvalue weighted by Gasteiger charge is 2.11. The summed E-state index contributed by atoms with van der Waals surface area (Å²) in [6, 6.07) is 5.14. The molecule has 0 radical (unpaired) electrons. The van der Waals surface area contributed by atoms with Gasteiger partial charge in [-0.15, -0.1) is 0 Å². The molecule has 0 saturated heterocycles. The molecule has 1 rings (SSSR count). The lowest BCUT2D eigenvalue weighted by Crippen LogP contribution is -2.10. The zero-order chi connectivity index (χ0) is 13.8. The molecule has 0 heterocycles. The molecular weight excluding hydrogens is 272 g/mol. The Balaban J connectivity index is 2.58. The van der Waals surface area contributed by atoms with Gasteiger partial charge in [-0.1, -0.05) is 30.7 Å². The van der Waals surface area contributed by atoms with Crippen molar-refractivity contribution in [3.05, 3.63) is 34.3 Å². The van der Waals surface area contributed by atoms with Crippen LogP contribution in [-0.2, 0) is 9.84 Å². The van der Waals surface area contributed by atoms with E-state index in [1.807, 2.05) is 6.92 Å². The van der Waals surface area contributed by atoms with E-state index in [0.29, 0.717) is 17.0 Å². The number of benzene rings is 1. The van der Waals surface area contributed by atoms with Gasteiger partial charge in [0.15, 0.2) is 5.78 Å². The van der Waals surface area contributed by atoms with Gasteiger partial charge >= 0.3 is 0 Å². The average molecular weight is 289 g/mol. The molecule has 1 aromatic carbocycles. The van der Waals surface area contributed by atoms with Crippen LogP contribution >= 0.6 is 11.6 Å². The summed E-state index contributed by atoms with van der Waals surface area (Å²) >= 11 is 5.94. The highest BCUT2D eigenvalue weighted by atomic mass is 35.5. The van der Waals surface area contributed by atoms with Crippen LogP contribution in [0.25, 0.3) is 0 Å². The molecule has 0 fully saturated rings. The standard InChI is InChI=1S/C13H17ClO3S/c1-3-18(16,17)8-4-5-13(15)11-7-6-10(2)12(14)9-11/h6-7,9H,3-5,8H2,1-2H3. The van der Waals surface area contributed by atoms with E-state index < -0.39 is 9.84 Å². The summed E-state index contributed by atoms with van der Waals surface area (Å²) < 4.78 is 22.6. The van der Waals surface area contributed by atoms with E-state index in [4.69, 9.17) is 11.6 Å². The minimum absolute atomic E-state index is 0.0643. The van der Waals surface area contributed by atoms with Crippen LogP contribution in [0, 0.1) is 6.92 Å². The molecule has 3 nitrogen and oxygen atoms in total. The molecule has 0 unspecified atom stereocenters. The maximum absolute atomic E-state index is 11.8. The molecule has 0 atom stereocenters. The number of carbonyl (C=O) groups is 1. The van der Waals surface area contributed by atoms with Crippen molar-refractivity contribution in [2.75, 3.05) is 11.5 Å². The normalized spacial score (nSPS) is 11.5. The summed E-state index contributed by atoms with van der Waals surface area (Å²) in [5, 5.41) is 0.557. The first kappa shape index (κ1) is 15.2. The largest absolute Gasteiger partial charge is 0.294 e. The molecule has 0 spiro atoms. The van der Waals surface area contributed by atoms with E-state index in [2.05, 4.69) is 0 Å². The molecule has 0 bridgehead atoms. The predicted octanol–water partition coefficient (Wildman–Crippen LogP) is 3.05. The van der Waals surface area contributed by atoms with Gasteiger partial charge < -0.3 is 0 Å². The van der Waals surface area contributed by atoms with Gasteiger partial charge in [-0.25, -0.2) is 8.42 Å². The third kappa shape index (κ3) is 4.42. The molecule has 1 aromatic rings. The molecule has 0 aromatic heterocycles. The molecule has 0 aliphatic carbocycles.